The number of benzene rings is 2. The molecule has 1 aliphatic rings. The lowest BCUT2D eigenvalue weighted by Gasteiger charge is -2.33. The standard InChI is InChI=1S/C21H25NO5/c1-24-17-9-7-16(8-10-17)13-21(23)22-11-12-26-18(14-22)15-27-20-6-4-3-5-19(20)25-2/h3-10,18H,11-15H2,1-2H3/t18-/m0/s1. The Morgan fingerprint density at radius 1 is 1.07 bits per heavy atom. The molecule has 2 aromatic rings. The number of amides is 1. The van der Waals surface area contributed by atoms with Crippen LogP contribution in [0.2, 0.25) is 0 Å². The zero-order valence-corrected chi connectivity index (χ0v) is 15.7. The molecule has 0 saturated carbocycles. The van der Waals surface area contributed by atoms with Gasteiger partial charge in [0.05, 0.1) is 33.8 Å². The first-order valence-electron chi connectivity index (χ1n) is 8.97. The summed E-state index contributed by atoms with van der Waals surface area (Å²) >= 11 is 0. The molecule has 3 rings (SSSR count). The maximum atomic E-state index is 12.6. The number of methoxy groups -OCH3 is 2. The van der Waals surface area contributed by atoms with Crippen LogP contribution < -0.4 is 14.2 Å². The Labute approximate surface area is 159 Å². The van der Waals surface area contributed by atoms with Gasteiger partial charge in [-0.2, -0.15) is 0 Å². The van der Waals surface area contributed by atoms with Crippen LogP contribution >= 0.6 is 0 Å². The number of hydrogen-bond acceptors (Lipinski definition) is 5. The summed E-state index contributed by atoms with van der Waals surface area (Å²) in [5, 5.41) is 0. The Balaban J connectivity index is 1.52. The normalized spacial score (nSPS) is 16.7. The molecule has 0 aromatic heterocycles. The van der Waals surface area contributed by atoms with E-state index in [4.69, 9.17) is 18.9 Å². The number of ether oxygens (including phenoxy) is 4. The molecule has 1 heterocycles. The van der Waals surface area contributed by atoms with E-state index in [0.717, 1.165) is 11.3 Å². The molecule has 6 nitrogen and oxygen atoms in total. The van der Waals surface area contributed by atoms with E-state index in [1.165, 1.54) is 0 Å². The van der Waals surface area contributed by atoms with Gasteiger partial charge in [-0.3, -0.25) is 4.79 Å². The Morgan fingerprint density at radius 3 is 2.52 bits per heavy atom. The van der Waals surface area contributed by atoms with Crippen molar-refractivity contribution in [3.8, 4) is 17.2 Å². The van der Waals surface area contributed by atoms with Crippen molar-refractivity contribution in [2.45, 2.75) is 12.5 Å². The summed E-state index contributed by atoms with van der Waals surface area (Å²) in [4.78, 5) is 14.5. The number of nitrogens with zero attached hydrogens (tertiary/aromatic N) is 1. The van der Waals surface area contributed by atoms with Crippen molar-refractivity contribution in [3.63, 3.8) is 0 Å². The zero-order chi connectivity index (χ0) is 19.1. The second kappa shape index (κ2) is 9.28. The van der Waals surface area contributed by atoms with Crippen LogP contribution in [0.3, 0.4) is 0 Å². The molecule has 1 fully saturated rings. The highest BCUT2D eigenvalue weighted by atomic mass is 16.5. The molecule has 0 unspecified atom stereocenters. The van der Waals surface area contributed by atoms with Gasteiger partial charge in [0, 0.05) is 6.54 Å². The summed E-state index contributed by atoms with van der Waals surface area (Å²) in [6.07, 6.45) is 0.202. The molecule has 1 aliphatic heterocycles. The molecular formula is C21H25NO5. The molecule has 1 saturated heterocycles. The third kappa shape index (κ3) is 5.14. The van der Waals surface area contributed by atoms with Crippen molar-refractivity contribution in [3.05, 3.63) is 54.1 Å². The monoisotopic (exact) mass is 371 g/mol. The topological polar surface area (TPSA) is 57.2 Å². The molecule has 27 heavy (non-hydrogen) atoms. The van der Waals surface area contributed by atoms with Gasteiger partial charge in [0.15, 0.2) is 11.5 Å². The smallest absolute Gasteiger partial charge is 0.227 e. The van der Waals surface area contributed by atoms with Crippen LogP contribution in [-0.2, 0) is 16.0 Å². The molecule has 0 radical (unpaired) electrons. The minimum atomic E-state index is -0.163. The summed E-state index contributed by atoms with van der Waals surface area (Å²) in [5.41, 5.74) is 0.967. The number of rotatable bonds is 7. The lowest BCUT2D eigenvalue weighted by Crippen LogP contribution is -2.48. The molecule has 0 aliphatic carbocycles. The minimum Gasteiger partial charge on any atom is -0.497 e. The summed E-state index contributed by atoms with van der Waals surface area (Å²) < 4.78 is 22.0. The fraction of sp³-hybridized carbons (Fsp3) is 0.381. The summed E-state index contributed by atoms with van der Waals surface area (Å²) in [6, 6.07) is 15.1. The number of carbonyl (C=O) groups is 1. The van der Waals surface area contributed by atoms with E-state index in [0.29, 0.717) is 44.2 Å². The maximum Gasteiger partial charge on any atom is 0.227 e. The van der Waals surface area contributed by atoms with E-state index in [1.54, 1.807) is 14.2 Å². The van der Waals surface area contributed by atoms with Crippen molar-refractivity contribution in [2.24, 2.45) is 0 Å². The average molecular weight is 371 g/mol. The molecule has 1 atom stereocenters. The molecule has 0 spiro atoms. The first kappa shape index (κ1) is 19.0. The Kier molecular flexibility index (Phi) is 6.54. The quantitative estimate of drug-likeness (QED) is 0.749. The van der Waals surface area contributed by atoms with Crippen LogP contribution in [0.25, 0.3) is 0 Å². The summed E-state index contributed by atoms with van der Waals surface area (Å²) in [6.45, 7) is 1.99. The zero-order valence-electron chi connectivity index (χ0n) is 15.7. The predicted octanol–water partition coefficient (Wildman–Crippen LogP) is 2.55. The maximum absolute atomic E-state index is 12.6. The van der Waals surface area contributed by atoms with Gasteiger partial charge in [0.1, 0.15) is 18.5 Å². The Morgan fingerprint density at radius 2 is 1.81 bits per heavy atom. The molecule has 144 valence electrons. The largest absolute Gasteiger partial charge is 0.497 e. The van der Waals surface area contributed by atoms with Gasteiger partial charge in [0.25, 0.3) is 0 Å². The van der Waals surface area contributed by atoms with Crippen molar-refractivity contribution < 1.29 is 23.7 Å². The van der Waals surface area contributed by atoms with E-state index in [9.17, 15) is 4.79 Å². The molecule has 0 bridgehead atoms. The number of morpholine rings is 1. The molecule has 1 amide bonds. The Bertz CT molecular complexity index is 746. The van der Waals surface area contributed by atoms with Crippen LogP contribution in [0.4, 0.5) is 0 Å². The Hall–Kier alpha value is -2.73. The average Bonchev–Trinajstić information content (AvgIpc) is 2.73. The van der Waals surface area contributed by atoms with Gasteiger partial charge >= 0.3 is 0 Å². The van der Waals surface area contributed by atoms with Crippen molar-refractivity contribution in [2.75, 3.05) is 40.5 Å². The highest BCUT2D eigenvalue weighted by Gasteiger charge is 2.25. The number of para-hydroxylation sites is 2. The second-order valence-corrected chi connectivity index (χ2v) is 6.32. The van der Waals surface area contributed by atoms with Crippen molar-refractivity contribution >= 4 is 5.91 Å². The first-order chi connectivity index (χ1) is 13.2. The van der Waals surface area contributed by atoms with Crippen LogP contribution in [0, 0.1) is 0 Å². The molecule has 2 aromatic carbocycles. The molecule has 6 heteroatoms. The first-order valence-corrected chi connectivity index (χ1v) is 8.97. The lowest BCUT2D eigenvalue weighted by molar-refractivity contribution is -0.139. The third-order valence-corrected chi connectivity index (χ3v) is 4.50. The van der Waals surface area contributed by atoms with Crippen molar-refractivity contribution in [1.82, 2.24) is 4.90 Å². The van der Waals surface area contributed by atoms with Crippen LogP contribution in [0.15, 0.2) is 48.5 Å². The fourth-order valence-corrected chi connectivity index (χ4v) is 3.00. The van der Waals surface area contributed by atoms with E-state index in [2.05, 4.69) is 0 Å². The van der Waals surface area contributed by atoms with Gasteiger partial charge in [-0.25, -0.2) is 0 Å². The van der Waals surface area contributed by atoms with Crippen LogP contribution in [0.5, 0.6) is 17.2 Å². The highest BCUT2D eigenvalue weighted by Crippen LogP contribution is 2.26. The summed E-state index contributed by atoms with van der Waals surface area (Å²) in [7, 11) is 3.24. The third-order valence-electron chi connectivity index (χ3n) is 4.50. The number of carbonyl (C=O) groups excluding carboxylic acids is 1. The van der Waals surface area contributed by atoms with Gasteiger partial charge in [-0.15, -0.1) is 0 Å². The van der Waals surface area contributed by atoms with Gasteiger partial charge < -0.3 is 23.8 Å². The van der Waals surface area contributed by atoms with Gasteiger partial charge in [-0.05, 0) is 29.8 Å². The van der Waals surface area contributed by atoms with Gasteiger partial charge in [-0.1, -0.05) is 24.3 Å². The second-order valence-electron chi connectivity index (χ2n) is 6.32. The SMILES string of the molecule is COc1ccc(CC(=O)N2CCO[C@H](COc3ccccc3OC)C2)cc1. The van der Waals surface area contributed by atoms with E-state index < -0.39 is 0 Å². The predicted molar refractivity (Wildman–Crippen MR) is 102 cm³/mol. The number of hydrogen-bond donors (Lipinski definition) is 0. The van der Waals surface area contributed by atoms with Crippen LogP contribution in [0.1, 0.15) is 5.56 Å². The van der Waals surface area contributed by atoms with E-state index in [-0.39, 0.29) is 12.0 Å². The van der Waals surface area contributed by atoms with Gasteiger partial charge in [0.2, 0.25) is 5.91 Å². The minimum absolute atomic E-state index is 0.0887. The highest BCUT2D eigenvalue weighted by molar-refractivity contribution is 5.79. The lowest BCUT2D eigenvalue weighted by atomic mass is 10.1. The van der Waals surface area contributed by atoms with Crippen LogP contribution in [-0.4, -0.2) is 57.4 Å². The molecular weight excluding hydrogens is 346 g/mol. The molecule has 0 N–H and O–H groups in total. The fourth-order valence-electron chi connectivity index (χ4n) is 3.00. The summed E-state index contributed by atoms with van der Waals surface area (Å²) in [5.74, 6) is 2.22. The van der Waals surface area contributed by atoms with Crippen molar-refractivity contribution in [1.29, 1.82) is 0 Å². The van der Waals surface area contributed by atoms with E-state index >= 15 is 0 Å². The van der Waals surface area contributed by atoms with E-state index in [1.807, 2.05) is 53.4 Å².